The summed E-state index contributed by atoms with van der Waals surface area (Å²) in [7, 11) is 1.97. The molecule has 0 unspecified atom stereocenters. The lowest BCUT2D eigenvalue weighted by Crippen LogP contribution is -2.31. The first-order valence-corrected chi connectivity index (χ1v) is 6.49. The summed E-state index contributed by atoms with van der Waals surface area (Å²) in [6.45, 7) is 4.94. The average molecular weight is 247 g/mol. The first kappa shape index (κ1) is 12.9. The number of aliphatic carboxylic acids is 1. The quantitative estimate of drug-likeness (QED) is 0.869. The summed E-state index contributed by atoms with van der Waals surface area (Å²) in [5.74, 6) is -0.133. The molecule has 18 heavy (non-hydrogen) atoms. The minimum atomic E-state index is -0.659. The van der Waals surface area contributed by atoms with Crippen LogP contribution in [0, 0.1) is 5.41 Å². The smallest absolute Gasteiger partial charge is 0.311 e. The van der Waals surface area contributed by atoms with E-state index in [2.05, 4.69) is 38.1 Å². The molecule has 0 atom stereocenters. The van der Waals surface area contributed by atoms with Crippen molar-refractivity contribution in [2.75, 3.05) is 18.5 Å². The van der Waals surface area contributed by atoms with Crippen LogP contribution in [0.15, 0.2) is 24.3 Å². The number of carbonyl (C=O) groups is 1. The zero-order chi connectivity index (χ0) is 13.3. The van der Waals surface area contributed by atoms with E-state index in [1.165, 1.54) is 5.56 Å². The Labute approximate surface area is 108 Å². The summed E-state index contributed by atoms with van der Waals surface area (Å²) in [6.07, 6.45) is 1.60. The van der Waals surface area contributed by atoms with Gasteiger partial charge in [0.1, 0.15) is 0 Å². The highest BCUT2D eigenvalue weighted by molar-refractivity contribution is 5.78. The van der Waals surface area contributed by atoms with Crippen molar-refractivity contribution in [1.29, 1.82) is 0 Å². The zero-order valence-electron chi connectivity index (χ0n) is 11.3. The third-order valence-corrected chi connectivity index (χ3v) is 3.85. The fourth-order valence-corrected chi connectivity index (χ4v) is 2.25. The molecule has 0 heterocycles. The van der Waals surface area contributed by atoms with Crippen LogP contribution in [-0.4, -0.2) is 24.7 Å². The first-order valence-electron chi connectivity index (χ1n) is 6.49. The molecule has 1 fully saturated rings. The van der Waals surface area contributed by atoms with Gasteiger partial charge in [-0.3, -0.25) is 4.79 Å². The second kappa shape index (κ2) is 4.63. The summed E-state index contributed by atoms with van der Waals surface area (Å²) in [4.78, 5) is 13.2. The highest BCUT2D eigenvalue weighted by Gasteiger charge is 2.50. The highest BCUT2D eigenvalue weighted by atomic mass is 16.4. The number of benzene rings is 1. The third kappa shape index (κ3) is 2.50. The summed E-state index contributed by atoms with van der Waals surface area (Å²) in [5, 5.41) is 9.19. The van der Waals surface area contributed by atoms with Crippen molar-refractivity contribution in [3.8, 4) is 0 Å². The first-order chi connectivity index (χ1) is 8.44. The molecule has 1 aromatic carbocycles. The number of hydrogen-bond acceptors (Lipinski definition) is 2. The Hall–Kier alpha value is -1.51. The normalized spacial score (nSPS) is 16.7. The van der Waals surface area contributed by atoms with Crippen molar-refractivity contribution >= 4 is 11.7 Å². The van der Waals surface area contributed by atoms with Crippen LogP contribution in [0.25, 0.3) is 0 Å². The predicted molar refractivity (Wildman–Crippen MR) is 73.1 cm³/mol. The monoisotopic (exact) mass is 247 g/mol. The van der Waals surface area contributed by atoms with Gasteiger partial charge in [0.05, 0.1) is 5.41 Å². The van der Waals surface area contributed by atoms with Crippen molar-refractivity contribution in [3.05, 3.63) is 29.8 Å². The van der Waals surface area contributed by atoms with Gasteiger partial charge in [-0.25, -0.2) is 0 Å². The van der Waals surface area contributed by atoms with Crippen LogP contribution in [0.2, 0.25) is 0 Å². The maximum absolute atomic E-state index is 11.2. The molecule has 1 N–H and O–H groups in total. The average Bonchev–Trinajstić information content (AvgIpc) is 3.10. The molecule has 0 bridgehead atoms. The van der Waals surface area contributed by atoms with Gasteiger partial charge in [0.2, 0.25) is 0 Å². The highest BCUT2D eigenvalue weighted by Crippen LogP contribution is 2.46. The number of hydrogen-bond donors (Lipinski definition) is 1. The van der Waals surface area contributed by atoms with Crippen molar-refractivity contribution in [3.63, 3.8) is 0 Å². The second-order valence-electron chi connectivity index (χ2n) is 5.69. The Balaban J connectivity index is 2.05. The van der Waals surface area contributed by atoms with E-state index < -0.39 is 11.4 Å². The fourth-order valence-electron chi connectivity index (χ4n) is 2.25. The molecule has 1 aliphatic rings. The molecule has 0 aromatic heterocycles. The third-order valence-electron chi connectivity index (χ3n) is 3.85. The Kier molecular flexibility index (Phi) is 3.33. The van der Waals surface area contributed by atoms with Gasteiger partial charge in [0.15, 0.2) is 0 Å². The Morgan fingerprint density at radius 1 is 1.33 bits per heavy atom. The van der Waals surface area contributed by atoms with Crippen LogP contribution >= 0.6 is 0 Å². The van der Waals surface area contributed by atoms with Crippen molar-refractivity contribution in [1.82, 2.24) is 0 Å². The second-order valence-corrected chi connectivity index (χ2v) is 5.69. The van der Waals surface area contributed by atoms with Gasteiger partial charge in [0.25, 0.3) is 0 Å². The minimum Gasteiger partial charge on any atom is -0.481 e. The van der Waals surface area contributed by atoms with Gasteiger partial charge in [0, 0.05) is 19.3 Å². The minimum absolute atomic E-state index is 0.495. The van der Waals surface area contributed by atoms with Gasteiger partial charge in [-0.05, 0) is 36.5 Å². The van der Waals surface area contributed by atoms with E-state index in [0.717, 1.165) is 18.5 Å². The summed E-state index contributed by atoms with van der Waals surface area (Å²) in [6, 6.07) is 8.40. The molecule has 3 nitrogen and oxygen atoms in total. The summed E-state index contributed by atoms with van der Waals surface area (Å²) < 4.78 is 0. The lowest BCUT2D eigenvalue weighted by atomic mass is 10.0. The van der Waals surface area contributed by atoms with Crippen molar-refractivity contribution in [2.24, 2.45) is 5.41 Å². The summed E-state index contributed by atoms with van der Waals surface area (Å²) >= 11 is 0. The lowest BCUT2D eigenvalue weighted by Gasteiger charge is -2.23. The van der Waals surface area contributed by atoms with Crippen LogP contribution in [0.5, 0.6) is 0 Å². The van der Waals surface area contributed by atoms with Gasteiger partial charge in [-0.2, -0.15) is 0 Å². The largest absolute Gasteiger partial charge is 0.481 e. The van der Waals surface area contributed by atoms with Gasteiger partial charge in [-0.15, -0.1) is 0 Å². The SMILES string of the molecule is CC(C)c1ccc(N(C)CC2(C(=O)O)CC2)cc1. The van der Waals surface area contributed by atoms with Gasteiger partial charge >= 0.3 is 5.97 Å². The Morgan fingerprint density at radius 3 is 2.28 bits per heavy atom. The molecule has 98 valence electrons. The molecule has 3 heteroatoms. The number of carboxylic acids is 1. The van der Waals surface area contributed by atoms with Gasteiger partial charge < -0.3 is 10.0 Å². The molecule has 0 amide bonds. The van der Waals surface area contributed by atoms with E-state index in [1.54, 1.807) is 0 Å². The van der Waals surface area contributed by atoms with Crippen molar-refractivity contribution in [2.45, 2.75) is 32.6 Å². The molecule has 0 radical (unpaired) electrons. The molecule has 0 spiro atoms. The molecule has 0 aliphatic heterocycles. The number of carboxylic acid groups (broad SMARTS) is 1. The van der Waals surface area contributed by atoms with E-state index in [9.17, 15) is 9.90 Å². The van der Waals surface area contributed by atoms with E-state index in [4.69, 9.17) is 0 Å². The number of nitrogens with zero attached hydrogens (tertiary/aromatic N) is 1. The van der Waals surface area contributed by atoms with Crippen LogP contribution in [-0.2, 0) is 4.79 Å². The molecule has 1 aromatic rings. The lowest BCUT2D eigenvalue weighted by molar-refractivity contribution is -0.142. The maximum atomic E-state index is 11.2. The van der Waals surface area contributed by atoms with E-state index in [-0.39, 0.29) is 0 Å². The molecule has 1 aliphatic carbocycles. The van der Waals surface area contributed by atoms with Crippen LogP contribution in [0.3, 0.4) is 0 Å². The molecular weight excluding hydrogens is 226 g/mol. The van der Waals surface area contributed by atoms with Crippen molar-refractivity contribution < 1.29 is 9.90 Å². The fraction of sp³-hybridized carbons (Fsp3) is 0.533. The molecule has 0 saturated heterocycles. The Morgan fingerprint density at radius 2 is 1.89 bits per heavy atom. The molecule has 1 saturated carbocycles. The number of anilines is 1. The molecular formula is C15H21NO2. The topological polar surface area (TPSA) is 40.5 Å². The van der Waals surface area contributed by atoms with E-state index in [1.807, 2.05) is 11.9 Å². The van der Waals surface area contributed by atoms with Crippen LogP contribution in [0.4, 0.5) is 5.69 Å². The zero-order valence-corrected chi connectivity index (χ0v) is 11.3. The van der Waals surface area contributed by atoms with E-state index >= 15 is 0 Å². The maximum Gasteiger partial charge on any atom is 0.311 e. The molecule has 2 rings (SSSR count). The van der Waals surface area contributed by atoms with E-state index in [0.29, 0.717) is 12.5 Å². The predicted octanol–water partition coefficient (Wildman–Crippen LogP) is 3.11. The van der Waals surface area contributed by atoms with Crippen LogP contribution in [0.1, 0.15) is 38.2 Å². The van der Waals surface area contributed by atoms with Gasteiger partial charge in [-0.1, -0.05) is 26.0 Å². The summed E-state index contributed by atoms with van der Waals surface area (Å²) in [5.41, 5.74) is 1.91. The number of rotatable bonds is 5. The Bertz CT molecular complexity index is 432. The van der Waals surface area contributed by atoms with Crippen LogP contribution < -0.4 is 4.90 Å². The standard InChI is InChI=1S/C15H21NO2/c1-11(2)12-4-6-13(7-5-12)16(3)10-15(8-9-15)14(17)18/h4-7,11H,8-10H2,1-3H3,(H,17,18).